The van der Waals surface area contributed by atoms with Crippen LogP contribution in [0.5, 0.6) is 5.75 Å². The van der Waals surface area contributed by atoms with E-state index in [4.69, 9.17) is 4.74 Å². The number of hydrogen-bond donors (Lipinski definition) is 0. The van der Waals surface area contributed by atoms with Crippen molar-refractivity contribution in [3.63, 3.8) is 0 Å². The molecule has 2 aromatic rings. The molecule has 8 heteroatoms. The van der Waals surface area contributed by atoms with E-state index in [9.17, 15) is 17.6 Å². The molecule has 0 aromatic heterocycles. The summed E-state index contributed by atoms with van der Waals surface area (Å²) in [6.07, 6.45) is 0.509. The molecule has 1 heterocycles. The summed E-state index contributed by atoms with van der Waals surface area (Å²) in [5.74, 6) is -0.849. The van der Waals surface area contributed by atoms with E-state index in [-0.39, 0.29) is 36.2 Å². The van der Waals surface area contributed by atoms with Crippen molar-refractivity contribution in [2.45, 2.75) is 18.2 Å². The molecule has 0 radical (unpaired) electrons. The van der Waals surface area contributed by atoms with Crippen molar-refractivity contribution in [3.8, 4) is 5.75 Å². The summed E-state index contributed by atoms with van der Waals surface area (Å²) in [6.45, 7) is 3.10. The van der Waals surface area contributed by atoms with Gasteiger partial charge in [0.05, 0.1) is 12.0 Å². The second-order valence-electron chi connectivity index (χ2n) is 6.72. The van der Waals surface area contributed by atoms with E-state index >= 15 is 0 Å². The molecule has 0 unspecified atom stereocenters. The molecule has 0 saturated carbocycles. The number of aryl methyl sites for hydroxylation is 1. The molecule has 0 aliphatic carbocycles. The van der Waals surface area contributed by atoms with Crippen LogP contribution in [0.3, 0.4) is 0 Å². The van der Waals surface area contributed by atoms with Crippen LogP contribution in [-0.2, 0) is 10.0 Å². The number of amides is 1. The fourth-order valence-electron chi connectivity index (χ4n) is 3.25. The van der Waals surface area contributed by atoms with Crippen LogP contribution in [0.25, 0.3) is 0 Å². The van der Waals surface area contributed by atoms with Gasteiger partial charge in [0.2, 0.25) is 10.0 Å². The van der Waals surface area contributed by atoms with Crippen molar-refractivity contribution in [2.24, 2.45) is 0 Å². The average molecular weight is 406 g/mol. The van der Waals surface area contributed by atoms with Crippen LogP contribution in [-0.4, -0.2) is 56.8 Å². The minimum atomic E-state index is -3.85. The Labute approximate surface area is 164 Å². The molecule has 28 heavy (non-hydrogen) atoms. The van der Waals surface area contributed by atoms with Crippen LogP contribution < -0.4 is 4.74 Å². The lowest BCUT2D eigenvalue weighted by molar-refractivity contribution is 0.0764. The van der Waals surface area contributed by atoms with Gasteiger partial charge in [-0.05, 0) is 43.7 Å². The highest BCUT2D eigenvalue weighted by Gasteiger charge is 2.29. The van der Waals surface area contributed by atoms with Crippen LogP contribution >= 0.6 is 0 Å². The van der Waals surface area contributed by atoms with E-state index < -0.39 is 15.8 Å². The molecule has 1 saturated heterocycles. The number of nitrogens with zero attached hydrogens (tertiary/aromatic N) is 2. The Hall–Kier alpha value is -2.45. The zero-order valence-electron chi connectivity index (χ0n) is 15.9. The van der Waals surface area contributed by atoms with Crippen molar-refractivity contribution in [3.05, 3.63) is 59.4 Å². The standard InChI is InChI=1S/C20H23FN2O4S/c1-15-5-3-6-16(13-15)20(24)22-9-4-10-23(12-11-22)28(25,26)17-7-8-19(27-2)18(21)14-17/h3,5-8,13-14H,4,9-12H2,1-2H3. The Morgan fingerprint density at radius 2 is 1.86 bits per heavy atom. The number of benzene rings is 2. The van der Waals surface area contributed by atoms with Gasteiger partial charge in [-0.2, -0.15) is 4.31 Å². The number of hydrogen-bond acceptors (Lipinski definition) is 4. The van der Waals surface area contributed by atoms with E-state index in [1.165, 1.54) is 23.5 Å². The smallest absolute Gasteiger partial charge is 0.253 e. The third-order valence-corrected chi connectivity index (χ3v) is 6.66. The second kappa shape index (κ2) is 8.28. The predicted octanol–water partition coefficient (Wildman–Crippen LogP) is 2.68. The first kappa shape index (κ1) is 20.3. The van der Waals surface area contributed by atoms with Crippen LogP contribution in [0.15, 0.2) is 47.4 Å². The number of carbonyl (C=O) groups is 1. The summed E-state index contributed by atoms with van der Waals surface area (Å²) in [7, 11) is -2.53. The molecule has 1 fully saturated rings. The Morgan fingerprint density at radius 1 is 1.07 bits per heavy atom. The van der Waals surface area contributed by atoms with Crippen molar-refractivity contribution < 1.29 is 22.3 Å². The predicted molar refractivity (Wildman–Crippen MR) is 103 cm³/mol. The molecular weight excluding hydrogens is 383 g/mol. The van der Waals surface area contributed by atoms with Gasteiger partial charge in [-0.3, -0.25) is 4.79 Å². The lowest BCUT2D eigenvalue weighted by atomic mass is 10.1. The van der Waals surface area contributed by atoms with Gasteiger partial charge in [0, 0.05) is 31.7 Å². The Balaban J connectivity index is 1.75. The molecule has 1 amide bonds. The van der Waals surface area contributed by atoms with Crippen LogP contribution in [0.4, 0.5) is 4.39 Å². The number of rotatable bonds is 4. The van der Waals surface area contributed by atoms with Crippen molar-refractivity contribution in [1.82, 2.24) is 9.21 Å². The highest BCUT2D eigenvalue weighted by Crippen LogP contribution is 2.24. The first-order valence-corrected chi connectivity index (χ1v) is 10.5. The summed E-state index contributed by atoms with van der Waals surface area (Å²) in [5.41, 5.74) is 1.58. The molecule has 150 valence electrons. The molecule has 0 atom stereocenters. The van der Waals surface area contributed by atoms with Gasteiger partial charge in [-0.25, -0.2) is 12.8 Å². The van der Waals surface area contributed by atoms with Crippen molar-refractivity contribution in [1.29, 1.82) is 0 Å². The lowest BCUT2D eigenvalue weighted by Crippen LogP contribution is -2.37. The van der Waals surface area contributed by atoms with Gasteiger partial charge in [-0.1, -0.05) is 17.7 Å². The first-order valence-electron chi connectivity index (χ1n) is 9.02. The molecule has 3 rings (SSSR count). The Bertz CT molecular complexity index is 978. The quantitative estimate of drug-likeness (QED) is 0.783. The fraction of sp³-hybridized carbons (Fsp3) is 0.350. The topological polar surface area (TPSA) is 66.9 Å². The minimum Gasteiger partial charge on any atom is -0.494 e. The third-order valence-electron chi connectivity index (χ3n) is 4.77. The van der Waals surface area contributed by atoms with E-state index in [2.05, 4.69) is 0 Å². The van der Waals surface area contributed by atoms with Gasteiger partial charge in [0.25, 0.3) is 5.91 Å². The molecular formula is C20H23FN2O4S. The second-order valence-corrected chi connectivity index (χ2v) is 8.65. The van der Waals surface area contributed by atoms with Crippen molar-refractivity contribution in [2.75, 3.05) is 33.3 Å². The number of sulfonamides is 1. The molecule has 0 N–H and O–H groups in total. The summed E-state index contributed by atoms with van der Waals surface area (Å²) in [6, 6.07) is 10.9. The normalized spacial score (nSPS) is 15.9. The van der Waals surface area contributed by atoms with Gasteiger partial charge in [-0.15, -0.1) is 0 Å². The van der Waals surface area contributed by atoms with Crippen LogP contribution in [0, 0.1) is 12.7 Å². The van der Waals surface area contributed by atoms with Gasteiger partial charge >= 0.3 is 0 Å². The lowest BCUT2D eigenvalue weighted by Gasteiger charge is -2.22. The Kier molecular flexibility index (Phi) is 6.00. The number of ether oxygens (including phenoxy) is 1. The Morgan fingerprint density at radius 3 is 2.54 bits per heavy atom. The molecule has 6 nitrogen and oxygen atoms in total. The largest absolute Gasteiger partial charge is 0.494 e. The van der Waals surface area contributed by atoms with E-state index in [1.54, 1.807) is 11.0 Å². The minimum absolute atomic E-state index is 0.00950. The maximum Gasteiger partial charge on any atom is 0.253 e. The maximum absolute atomic E-state index is 14.0. The van der Waals surface area contributed by atoms with E-state index in [1.807, 2.05) is 25.1 Å². The van der Waals surface area contributed by atoms with E-state index in [0.717, 1.165) is 11.6 Å². The van der Waals surface area contributed by atoms with Crippen LogP contribution in [0.2, 0.25) is 0 Å². The number of methoxy groups -OCH3 is 1. The SMILES string of the molecule is COc1ccc(S(=O)(=O)N2CCCN(C(=O)c3cccc(C)c3)CC2)cc1F. The number of halogens is 1. The zero-order chi connectivity index (χ0) is 20.3. The van der Waals surface area contributed by atoms with Gasteiger partial charge < -0.3 is 9.64 Å². The summed E-state index contributed by atoms with van der Waals surface area (Å²) in [5, 5.41) is 0. The highest BCUT2D eigenvalue weighted by atomic mass is 32.2. The summed E-state index contributed by atoms with van der Waals surface area (Å²) >= 11 is 0. The molecule has 1 aliphatic heterocycles. The first-order chi connectivity index (χ1) is 13.3. The van der Waals surface area contributed by atoms with E-state index in [0.29, 0.717) is 18.5 Å². The third kappa shape index (κ3) is 4.18. The maximum atomic E-state index is 14.0. The van der Waals surface area contributed by atoms with Gasteiger partial charge in [0.1, 0.15) is 0 Å². The molecule has 0 bridgehead atoms. The zero-order valence-corrected chi connectivity index (χ0v) is 16.7. The van der Waals surface area contributed by atoms with Gasteiger partial charge in [0.15, 0.2) is 11.6 Å². The monoisotopic (exact) mass is 406 g/mol. The summed E-state index contributed by atoms with van der Waals surface area (Å²) < 4.78 is 45.9. The van der Waals surface area contributed by atoms with Crippen molar-refractivity contribution >= 4 is 15.9 Å². The number of carbonyl (C=O) groups excluding carboxylic acids is 1. The highest BCUT2D eigenvalue weighted by molar-refractivity contribution is 7.89. The fourth-order valence-corrected chi connectivity index (χ4v) is 4.74. The van der Waals surface area contributed by atoms with Crippen LogP contribution in [0.1, 0.15) is 22.3 Å². The summed E-state index contributed by atoms with van der Waals surface area (Å²) in [4.78, 5) is 14.3. The molecule has 0 spiro atoms. The molecule has 1 aliphatic rings. The average Bonchev–Trinajstić information content (AvgIpc) is 2.94. The molecule has 2 aromatic carbocycles.